The van der Waals surface area contributed by atoms with E-state index < -0.39 is 5.82 Å². The molecule has 0 spiro atoms. The Bertz CT molecular complexity index is 861. The number of carbonyl (C=O) groups excluding carboxylic acids is 1. The van der Waals surface area contributed by atoms with E-state index in [2.05, 4.69) is 10.3 Å². The highest BCUT2D eigenvalue weighted by Gasteiger charge is 2.13. The molecule has 0 fully saturated rings. The van der Waals surface area contributed by atoms with Gasteiger partial charge in [0.15, 0.2) is 11.6 Å². The summed E-state index contributed by atoms with van der Waals surface area (Å²) in [5.74, 6) is -0.628. The average molecular weight is 419 g/mol. The van der Waals surface area contributed by atoms with Gasteiger partial charge in [-0.3, -0.25) is 4.79 Å². The summed E-state index contributed by atoms with van der Waals surface area (Å²) in [6, 6.07) is 4.86. The number of methoxy groups -OCH3 is 1. The molecule has 1 amide bonds. The Balaban J connectivity index is 1.93. The lowest BCUT2D eigenvalue weighted by Gasteiger charge is -2.11. The molecular weight excluding hydrogens is 391 g/mol. The lowest BCUT2D eigenvalue weighted by Crippen LogP contribution is -2.24. The molecule has 0 aliphatic rings. The molecule has 7 heteroatoms. The summed E-state index contributed by atoms with van der Waals surface area (Å²) in [5.41, 5.74) is 3.57. The summed E-state index contributed by atoms with van der Waals surface area (Å²) in [6.07, 6.45) is 6.96. The van der Waals surface area contributed by atoms with Gasteiger partial charge >= 0.3 is 0 Å². The standard InChI is InChI=1S/C22H27FN2O3S/c1-4-18(10-11-19-16(2)29-15-24-19)25-21(26)14-17-8-7-9-20(22(17)23)28-13-6-5-12-27-3/h4,7-11,15H,5-6,12-14H2,1-3H3,(H,25,26)/b11-10-,18-4+. The van der Waals surface area contributed by atoms with E-state index in [4.69, 9.17) is 9.47 Å². The third kappa shape index (κ3) is 7.44. The number of ether oxygens (including phenoxy) is 2. The lowest BCUT2D eigenvalue weighted by molar-refractivity contribution is -0.119. The first-order valence-electron chi connectivity index (χ1n) is 9.48. The lowest BCUT2D eigenvalue weighted by atomic mass is 10.1. The van der Waals surface area contributed by atoms with E-state index in [0.29, 0.717) is 24.5 Å². The molecule has 1 N–H and O–H groups in total. The molecule has 0 atom stereocenters. The van der Waals surface area contributed by atoms with Crippen LogP contribution in [0.2, 0.25) is 0 Å². The van der Waals surface area contributed by atoms with Crippen LogP contribution in [-0.4, -0.2) is 31.2 Å². The molecule has 0 radical (unpaired) electrons. The maximum Gasteiger partial charge on any atom is 0.228 e. The Labute approximate surface area is 175 Å². The molecule has 5 nitrogen and oxygen atoms in total. The molecule has 1 aromatic heterocycles. The molecule has 1 heterocycles. The zero-order chi connectivity index (χ0) is 21.1. The smallest absolute Gasteiger partial charge is 0.228 e. The minimum Gasteiger partial charge on any atom is -0.491 e. The second kappa shape index (κ2) is 12.1. The molecule has 0 bridgehead atoms. The maximum atomic E-state index is 14.6. The highest BCUT2D eigenvalue weighted by Crippen LogP contribution is 2.21. The van der Waals surface area contributed by atoms with Gasteiger partial charge in [-0.15, -0.1) is 11.3 Å². The summed E-state index contributed by atoms with van der Waals surface area (Å²) in [7, 11) is 1.64. The number of nitrogens with one attached hydrogen (secondary N) is 1. The Hall–Kier alpha value is -2.51. The van der Waals surface area contributed by atoms with Crippen LogP contribution in [0.5, 0.6) is 5.75 Å². The number of allylic oxidation sites excluding steroid dienone is 2. The summed E-state index contributed by atoms with van der Waals surface area (Å²) in [4.78, 5) is 17.7. The van der Waals surface area contributed by atoms with Crippen LogP contribution in [0.3, 0.4) is 0 Å². The zero-order valence-electron chi connectivity index (χ0n) is 17.0. The monoisotopic (exact) mass is 418 g/mol. The molecule has 2 rings (SSSR count). The van der Waals surface area contributed by atoms with Gasteiger partial charge in [-0.25, -0.2) is 9.37 Å². The number of aromatic nitrogens is 1. The van der Waals surface area contributed by atoms with Gasteiger partial charge in [-0.1, -0.05) is 18.2 Å². The molecule has 1 aromatic carbocycles. The molecule has 0 aliphatic carbocycles. The summed E-state index contributed by atoms with van der Waals surface area (Å²) < 4.78 is 25.1. The highest BCUT2D eigenvalue weighted by atomic mass is 32.1. The first-order chi connectivity index (χ1) is 14.0. The van der Waals surface area contributed by atoms with E-state index in [1.807, 2.05) is 19.9 Å². The average Bonchev–Trinajstić information content (AvgIpc) is 3.12. The predicted molar refractivity (Wildman–Crippen MR) is 114 cm³/mol. The van der Waals surface area contributed by atoms with E-state index in [0.717, 1.165) is 23.4 Å². The zero-order valence-corrected chi connectivity index (χ0v) is 17.9. The Morgan fingerprint density at radius 3 is 2.79 bits per heavy atom. The van der Waals surface area contributed by atoms with Crippen molar-refractivity contribution in [2.45, 2.75) is 33.1 Å². The van der Waals surface area contributed by atoms with E-state index in [9.17, 15) is 9.18 Å². The van der Waals surface area contributed by atoms with E-state index >= 15 is 0 Å². The molecule has 2 aromatic rings. The number of carbonyl (C=O) groups is 1. The van der Waals surface area contributed by atoms with Gasteiger partial charge in [0.2, 0.25) is 5.91 Å². The highest BCUT2D eigenvalue weighted by molar-refractivity contribution is 7.09. The van der Waals surface area contributed by atoms with Crippen LogP contribution >= 0.6 is 11.3 Å². The second-order valence-electron chi connectivity index (χ2n) is 6.37. The van der Waals surface area contributed by atoms with E-state index in [1.165, 1.54) is 0 Å². The fraction of sp³-hybridized carbons (Fsp3) is 0.364. The number of nitrogens with zero attached hydrogens (tertiary/aromatic N) is 1. The summed E-state index contributed by atoms with van der Waals surface area (Å²) >= 11 is 1.56. The topological polar surface area (TPSA) is 60.5 Å². The van der Waals surface area contributed by atoms with E-state index in [1.54, 1.807) is 54.3 Å². The van der Waals surface area contributed by atoms with Crippen molar-refractivity contribution in [3.63, 3.8) is 0 Å². The van der Waals surface area contributed by atoms with Crippen LogP contribution < -0.4 is 10.1 Å². The van der Waals surface area contributed by atoms with Crippen molar-refractivity contribution in [1.82, 2.24) is 10.3 Å². The third-order valence-corrected chi connectivity index (χ3v) is 4.97. The van der Waals surface area contributed by atoms with Crippen molar-refractivity contribution in [3.05, 3.63) is 63.5 Å². The Morgan fingerprint density at radius 2 is 2.10 bits per heavy atom. The minimum absolute atomic E-state index is 0.0758. The number of benzene rings is 1. The first-order valence-corrected chi connectivity index (χ1v) is 10.4. The molecule has 0 saturated heterocycles. The number of amides is 1. The van der Waals surface area contributed by atoms with Crippen LogP contribution in [0.15, 0.2) is 41.6 Å². The molecule has 156 valence electrons. The predicted octanol–water partition coefficient (Wildman–Crippen LogP) is 4.67. The van der Waals surface area contributed by atoms with Gasteiger partial charge in [0.05, 0.1) is 24.2 Å². The fourth-order valence-electron chi connectivity index (χ4n) is 2.57. The van der Waals surface area contributed by atoms with Crippen molar-refractivity contribution in [2.24, 2.45) is 0 Å². The largest absolute Gasteiger partial charge is 0.491 e. The van der Waals surface area contributed by atoms with Crippen molar-refractivity contribution in [3.8, 4) is 5.75 Å². The number of hydrogen-bond donors (Lipinski definition) is 1. The normalized spacial score (nSPS) is 11.8. The van der Waals surface area contributed by atoms with Gasteiger partial charge in [-0.05, 0) is 44.9 Å². The quantitative estimate of drug-likeness (QED) is 0.425. The van der Waals surface area contributed by atoms with Gasteiger partial charge in [0.1, 0.15) is 0 Å². The number of aryl methyl sites for hydroxylation is 1. The van der Waals surface area contributed by atoms with Gasteiger partial charge in [0.25, 0.3) is 0 Å². The van der Waals surface area contributed by atoms with Gasteiger partial charge in [0, 0.05) is 29.9 Å². The van der Waals surface area contributed by atoms with Crippen molar-refractivity contribution in [1.29, 1.82) is 0 Å². The molecule has 0 unspecified atom stereocenters. The Morgan fingerprint density at radius 1 is 1.31 bits per heavy atom. The van der Waals surface area contributed by atoms with Gasteiger partial charge in [-0.2, -0.15) is 0 Å². The van der Waals surface area contributed by atoms with E-state index in [-0.39, 0.29) is 18.1 Å². The maximum absolute atomic E-state index is 14.6. The number of hydrogen-bond acceptors (Lipinski definition) is 5. The van der Waals surface area contributed by atoms with Crippen LogP contribution in [0.1, 0.15) is 35.9 Å². The molecule has 0 saturated carbocycles. The molecule has 29 heavy (non-hydrogen) atoms. The Kier molecular flexibility index (Phi) is 9.53. The van der Waals surface area contributed by atoms with Gasteiger partial charge < -0.3 is 14.8 Å². The van der Waals surface area contributed by atoms with Crippen LogP contribution in [0, 0.1) is 12.7 Å². The van der Waals surface area contributed by atoms with Crippen LogP contribution in [0.25, 0.3) is 6.08 Å². The second-order valence-corrected chi connectivity index (χ2v) is 7.43. The number of halogens is 1. The molecule has 0 aliphatic heterocycles. The van der Waals surface area contributed by atoms with Crippen molar-refractivity contribution in [2.75, 3.05) is 20.3 Å². The third-order valence-electron chi connectivity index (χ3n) is 4.19. The fourth-order valence-corrected chi connectivity index (χ4v) is 3.13. The van der Waals surface area contributed by atoms with Crippen LogP contribution in [-0.2, 0) is 16.0 Å². The van der Waals surface area contributed by atoms with Crippen LogP contribution in [0.4, 0.5) is 4.39 Å². The SMILES string of the molecule is C/C=C(\C=C/c1ncsc1C)NC(=O)Cc1cccc(OCCCCOC)c1F. The summed E-state index contributed by atoms with van der Waals surface area (Å²) in [6.45, 7) is 4.86. The minimum atomic E-state index is -0.495. The first kappa shape index (κ1) is 22.8. The number of rotatable bonds is 11. The summed E-state index contributed by atoms with van der Waals surface area (Å²) in [5, 5.41) is 2.80. The number of unbranched alkanes of at least 4 members (excludes halogenated alkanes) is 1. The van der Waals surface area contributed by atoms with Crippen molar-refractivity contribution < 1.29 is 18.7 Å². The van der Waals surface area contributed by atoms with Crippen molar-refractivity contribution >= 4 is 23.3 Å². The molecular formula is C22H27FN2O3S. The number of thiazole rings is 1.